The third kappa shape index (κ3) is 2.68. The first-order valence-electron chi connectivity index (χ1n) is 6.90. The smallest absolute Gasteiger partial charge is 0.320 e. The lowest BCUT2D eigenvalue weighted by Crippen LogP contribution is -2.56. The standard InChI is InChI=1S/C13H23N3O3/c1-9-8-15(7-6-14(9)3)13(19)16-5-4-11(10(16)2)12(17)18/h9-11H,4-8H2,1-3H3,(H,17,18). The van der Waals surface area contributed by atoms with Crippen LogP contribution in [0.25, 0.3) is 0 Å². The van der Waals surface area contributed by atoms with E-state index >= 15 is 0 Å². The van der Waals surface area contributed by atoms with Crippen LogP contribution < -0.4 is 0 Å². The lowest BCUT2D eigenvalue weighted by molar-refractivity contribution is -0.142. The Kier molecular flexibility index (Phi) is 3.99. The predicted octanol–water partition coefficient (Wildman–Crippen LogP) is 0.537. The molecule has 6 heteroatoms. The van der Waals surface area contributed by atoms with Crippen molar-refractivity contribution in [3.63, 3.8) is 0 Å². The number of urea groups is 1. The number of rotatable bonds is 1. The van der Waals surface area contributed by atoms with Crippen molar-refractivity contribution in [3.05, 3.63) is 0 Å². The minimum atomic E-state index is -0.797. The number of hydrogen-bond donors (Lipinski definition) is 1. The molecule has 0 bridgehead atoms. The largest absolute Gasteiger partial charge is 0.481 e. The van der Waals surface area contributed by atoms with Crippen molar-refractivity contribution in [2.75, 3.05) is 33.2 Å². The van der Waals surface area contributed by atoms with Crippen molar-refractivity contribution in [3.8, 4) is 0 Å². The predicted molar refractivity (Wildman–Crippen MR) is 71.0 cm³/mol. The zero-order chi connectivity index (χ0) is 14.2. The van der Waals surface area contributed by atoms with Crippen LogP contribution in [0, 0.1) is 5.92 Å². The summed E-state index contributed by atoms with van der Waals surface area (Å²) >= 11 is 0. The molecule has 6 nitrogen and oxygen atoms in total. The molecule has 2 amide bonds. The van der Waals surface area contributed by atoms with Gasteiger partial charge in [0.2, 0.25) is 0 Å². The normalized spacial score (nSPS) is 32.7. The third-order valence-corrected chi connectivity index (χ3v) is 4.55. The van der Waals surface area contributed by atoms with E-state index in [9.17, 15) is 9.59 Å². The Bertz CT molecular complexity index is 374. The van der Waals surface area contributed by atoms with E-state index in [0.717, 1.165) is 19.6 Å². The van der Waals surface area contributed by atoms with Crippen molar-refractivity contribution in [2.45, 2.75) is 32.4 Å². The van der Waals surface area contributed by atoms with Gasteiger partial charge in [0.25, 0.3) is 0 Å². The fourth-order valence-corrected chi connectivity index (χ4v) is 2.94. The fourth-order valence-electron chi connectivity index (χ4n) is 2.94. The molecular weight excluding hydrogens is 246 g/mol. The molecule has 19 heavy (non-hydrogen) atoms. The van der Waals surface area contributed by atoms with Gasteiger partial charge >= 0.3 is 12.0 Å². The van der Waals surface area contributed by atoms with E-state index in [1.165, 1.54) is 0 Å². The van der Waals surface area contributed by atoms with Crippen molar-refractivity contribution >= 4 is 12.0 Å². The summed E-state index contributed by atoms with van der Waals surface area (Å²) in [6, 6.07) is 0.141. The Morgan fingerprint density at radius 2 is 1.84 bits per heavy atom. The molecule has 0 aromatic carbocycles. The highest BCUT2D eigenvalue weighted by Crippen LogP contribution is 2.26. The van der Waals surface area contributed by atoms with Crippen molar-refractivity contribution in [2.24, 2.45) is 5.92 Å². The molecule has 2 fully saturated rings. The Balaban J connectivity index is 1.99. The molecule has 0 spiro atoms. The van der Waals surface area contributed by atoms with Gasteiger partial charge in [-0.15, -0.1) is 0 Å². The van der Waals surface area contributed by atoms with Crippen LogP contribution in [0.3, 0.4) is 0 Å². The van der Waals surface area contributed by atoms with Gasteiger partial charge in [-0.1, -0.05) is 0 Å². The first-order valence-corrected chi connectivity index (χ1v) is 6.90. The number of amides is 2. The third-order valence-electron chi connectivity index (χ3n) is 4.55. The lowest BCUT2D eigenvalue weighted by atomic mass is 10.0. The second-order valence-corrected chi connectivity index (χ2v) is 5.73. The van der Waals surface area contributed by atoms with Crippen LogP contribution >= 0.6 is 0 Å². The molecule has 2 heterocycles. The maximum Gasteiger partial charge on any atom is 0.320 e. The van der Waals surface area contributed by atoms with Gasteiger partial charge in [0.1, 0.15) is 0 Å². The number of carbonyl (C=O) groups excluding carboxylic acids is 1. The summed E-state index contributed by atoms with van der Waals surface area (Å²) in [6.45, 7) is 6.81. The lowest BCUT2D eigenvalue weighted by Gasteiger charge is -2.40. The SMILES string of the molecule is CC1CN(C(=O)N2CCC(C(=O)O)C2C)CCN1C. The van der Waals surface area contributed by atoms with E-state index in [0.29, 0.717) is 19.0 Å². The molecule has 108 valence electrons. The van der Waals surface area contributed by atoms with E-state index in [1.54, 1.807) is 4.90 Å². The highest BCUT2D eigenvalue weighted by Gasteiger charge is 2.40. The Morgan fingerprint density at radius 3 is 2.37 bits per heavy atom. The molecule has 0 saturated carbocycles. The van der Waals surface area contributed by atoms with Crippen LogP contribution in [0.5, 0.6) is 0 Å². The summed E-state index contributed by atoms with van der Waals surface area (Å²) in [4.78, 5) is 29.4. The second kappa shape index (κ2) is 5.36. The minimum absolute atomic E-state index is 0.00352. The average molecular weight is 269 g/mol. The second-order valence-electron chi connectivity index (χ2n) is 5.73. The molecule has 3 unspecified atom stereocenters. The molecule has 2 aliphatic rings. The van der Waals surface area contributed by atoms with Gasteiger partial charge in [0, 0.05) is 38.3 Å². The summed E-state index contributed by atoms with van der Waals surface area (Å²) in [7, 11) is 2.06. The first-order chi connectivity index (χ1) is 8.91. The molecule has 0 aliphatic carbocycles. The van der Waals surface area contributed by atoms with Crippen LogP contribution in [-0.2, 0) is 4.79 Å². The van der Waals surface area contributed by atoms with Crippen molar-refractivity contribution in [1.82, 2.24) is 14.7 Å². The Labute approximate surface area is 114 Å². The molecule has 0 radical (unpaired) electrons. The highest BCUT2D eigenvalue weighted by molar-refractivity contribution is 5.78. The van der Waals surface area contributed by atoms with Gasteiger partial charge in [0.15, 0.2) is 0 Å². The number of carbonyl (C=O) groups is 2. The molecular formula is C13H23N3O3. The summed E-state index contributed by atoms with van der Waals surface area (Å²) in [5.41, 5.74) is 0. The van der Waals surface area contributed by atoms with Crippen LogP contribution in [0.4, 0.5) is 4.79 Å². The van der Waals surface area contributed by atoms with Crippen LogP contribution in [0.2, 0.25) is 0 Å². The molecule has 2 aliphatic heterocycles. The van der Waals surface area contributed by atoms with Gasteiger partial charge < -0.3 is 19.8 Å². The number of carboxylic acid groups (broad SMARTS) is 1. The van der Waals surface area contributed by atoms with Crippen molar-refractivity contribution < 1.29 is 14.7 Å². The molecule has 2 rings (SSSR count). The molecule has 1 N–H and O–H groups in total. The zero-order valence-electron chi connectivity index (χ0n) is 11.9. The number of likely N-dealkylation sites (N-methyl/N-ethyl adjacent to an activating group) is 1. The van der Waals surface area contributed by atoms with E-state index in [-0.39, 0.29) is 12.1 Å². The topological polar surface area (TPSA) is 64.1 Å². The average Bonchev–Trinajstić information content (AvgIpc) is 2.74. The number of carboxylic acids is 1. The van der Waals surface area contributed by atoms with E-state index in [1.807, 2.05) is 11.8 Å². The molecule has 0 aromatic rings. The molecule has 3 atom stereocenters. The number of likely N-dealkylation sites (tertiary alicyclic amines) is 1. The van der Waals surface area contributed by atoms with Crippen LogP contribution in [0.1, 0.15) is 20.3 Å². The Morgan fingerprint density at radius 1 is 1.16 bits per heavy atom. The van der Waals surface area contributed by atoms with Gasteiger partial charge in [-0.05, 0) is 27.3 Å². The molecule has 0 aromatic heterocycles. The summed E-state index contributed by atoms with van der Waals surface area (Å²) in [6.07, 6.45) is 0.561. The Hall–Kier alpha value is -1.30. The minimum Gasteiger partial charge on any atom is -0.481 e. The highest BCUT2D eigenvalue weighted by atomic mass is 16.4. The fraction of sp³-hybridized carbons (Fsp3) is 0.846. The number of piperazine rings is 1. The zero-order valence-corrected chi connectivity index (χ0v) is 11.9. The van der Waals surface area contributed by atoms with Gasteiger partial charge in [-0.2, -0.15) is 0 Å². The van der Waals surface area contributed by atoms with Gasteiger partial charge in [-0.25, -0.2) is 4.79 Å². The van der Waals surface area contributed by atoms with Gasteiger partial charge in [0.05, 0.1) is 5.92 Å². The van der Waals surface area contributed by atoms with E-state index in [4.69, 9.17) is 5.11 Å². The molecule has 2 saturated heterocycles. The quantitative estimate of drug-likeness (QED) is 0.754. The summed E-state index contributed by atoms with van der Waals surface area (Å²) in [5.74, 6) is -1.22. The van der Waals surface area contributed by atoms with Crippen LogP contribution in [-0.4, -0.2) is 77.1 Å². The monoisotopic (exact) mass is 269 g/mol. The van der Waals surface area contributed by atoms with E-state index < -0.39 is 11.9 Å². The number of nitrogens with zero attached hydrogens (tertiary/aromatic N) is 3. The van der Waals surface area contributed by atoms with Gasteiger partial charge in [-0.3, -0.25) is 4.79 Å². The maximum atomic E-state index is 12.5. The van der Waals surface area contributed by atoms with E-state index in [2.05, 4.69) is 18.9 Å². The van der Waals surface area contributed by atoms with Crippen molar-refractivity contribution in [1.29, 1.82) is 0 Å². The van der Waals surface area contributed by atoms with Crippen LogP contribution in [0.15, 0.2) is 0 Å². The summed E-state index contributed by atoms with van der Waals surface area (Å²) in [5, 5.41) is 9.11. The number of aliphatic carboxylic acids is 1. The first kappa shape index (κ1) is 14.1. The number of hydrogen-bond acceptors (Lipinski definition) is 3. The summed E-state index contributed by atoms with van der Waals surface area (Å²) < 4.78 is 0. The maximum absolute atomic E-state index is 12.5.